The minimum Gasteiger partial charge on any atom is -0.494 e. The van der Waals surface area contributed by atoms with Crippen molar-refractivity contribution in [2.75, 3.05) is 0 Å². The van der Waals surface area contributed by atoms with Gasteiger partial charge in [-0.15, -0.1) is 19.7 Å². The van der Waals surface area contributed by atoms with Crippen molar-refractivity contribution in [1.82, 2.24) is 9.13 Å². The van der Waals surface area contributed by atoms with Crippen molar-refractivity contribution in [2.45, 2.75) is 19.5 Å². The molecular formula is C13H16N2O3. The highest BCUT2D eigenvalue weighted by molar-refractivity contribution is 5.25. The first-order valence-electron chi connectivity index (χ1n) is 5.46. The summed E-state index contributed by atoms with van der Waals surface area (Å²) in [7, 11) is 0. The van der Waals surface area contributed by atoms with Gasteiger partial charge in [0.1, 0.15) is 0 Å². The van der Waals surface area contributed by atoms with E-state index in [1.165, 1.54) is 18.2 Å². The summed E-state index contributed by atoms with van der Waals surface area (Å²) in [5, 5.41) is 9.93. The molecule has 1 heterocycles. The van der Waals surface area contributed by atoms with Gasteiger partial charge in [0.2, 0.25) is 5.88 Å². The van der Waals surface area contributed by atoms with Crippen LogP contribution in [0.1, 0.15) is 5.56 Å². The highest BCUT2D eigenvalue weighted by Gasteiger charge is 2.16. The molecule has 0 atom stereocenters. The van der Waals surface area contributed by atoms with Crippen LogP contribution in [0.2, 0.25) is 0 Å². The molecule has 1 aromatic rings. The van der Waals surface area contributed by atoms with Crippen molar-refractivity contribution in [3.05, 3.63) is 64.4 Å². The number of hydrogen-bond acceptors (Lipinski definition) is 3. The van der Waals surface area contributed by atoms with Gasteiger partial charge in [-0.05, 0) is 0 Å². The number of nitrogens with zero attached hydrogens (tertiary/aromatic N) is 2. The monoisotopic (exact) mass is 248 g/mol. The van der Waals surface area contributed by atoms with Crippen LogP contribution in [0.3, 0.4) is 0 Å². The molecule has 0 amide bonds. The van der Waals surface area contributed by atoms with E-state index in [4.69, 9.17) is 0 Å². The highest BCUT2D eigenvalue weighted by atomic mass is 16.3. The lowest BCUT2D eigenvalue weighted by atomic mass is 10.2. The van der Waals surface area contributed by atoms with Gasteiger partial charge in [0.25, 0.3) is 5.56 Å². The Morgan fingerprint density at radius 3 is 2.06 bits per heavy atom. The van der Waals surface area contributed by atoms with E-state index in [1.54, 1.807) is 0 Å². The third kappa shape index (κ3) is 2.34. The lowest BCUT2D eigenvalue weighted by molar-refractivity contribution is 0.395. The average Bonchev–Trinajstić information content (AvgIpc) is 2.35. The van der Waals surface area contributed by atoms with E-state index in [-0.39, 0.29) is 31.0 Å². The normalized spacial score (nSPS) is 10.0. The molecule has 0 unspecified atom stereocenters. The first-order valence-corrected chi connectivity index (χ1v) is 5.46. The Morgan fingerprint density at radius 1 is 1.00 bits per heavy atom. The fourth-order valence-electron chi connectivity index (χ4n) is 1.65. The Bertz CT molecular complexity index is 548. The second kappa shape index (κ2) is 5.86. The zero-order valence-corrected chi connectivity index (χ0v) is 10.1. The summed E-state index contributed by atoms with van der Waals surface area (Å²) in [5.74, 6) is -0.329. The predicted octanol–water partition coefficient (Wildman–Crippen LogP) is 0.816. The highest BCUT2D eigenvalue weighted by Crippen LogP contribution is 2.11. The Balaban J connectivity index is 3.68. The molecule has 0 bridgehead atoms. The van der Waals surface area contributed by atoms with Gasteiger partial charge < -0.3 is 5.11 Å². The second-order valence-corrected chi connectivity index (χ2v) is 3.68. The molecule has 5 heteroatoms. The summed E-state index contributed by atoms with van der Waals surface area (Å²) in [4.78, 5) is 24.0. The molecular weight excluding hydrogens is 232 g/mol. The molecule has 18 heavy (non-hydrogen) atoms. The summed E-state index contributed by atoms with van der Waals surface area (Å²) in [6.45, 7) is 10.8. The Kier molecular flexibility index (Phi) is 4.48. The van der Waals surface area contributed by atoms with E-state index in [0.717, 1.165) is 9.13 Å². The van der Waals surface area contributed by atoms with E-state index in [2.05, 4.69) is 19.7 Å². The lowest BCUT2D eigenvalue weighted by Crippen LogP contribution is -2.41. The van der Waals surface area contributed by atoms with Crippen LogP contribution in [0.25, 0.3) is 0 Å². The maximum Gasteiger partial charge on any atom is 0.334 e. The van der Waals surface area contributed by atoms with Crippen molar-refractivity contribution in [2.24, 2.45) is 0 Å². The number of hydrogen-bond donors (Lipinski definition) is 1. The van der Waals surface area contributed by atoms with Gasteiger partial charge in [0.15, 0.2) is 0 Å². The molecule has 0 radical (unpaired) electrons. The molecule has 0 aromatic carbocycles. The smallest absolute Gasteiger partial charge is 0.334 e. The van der Waals surface area contributed by atoms with Crippen LogP contribution >= 0.6 is 0 Å². The third-order valence-corrected chi connectivity index (χ3v) is 2.46. The van der Waals surface area contributed by atoms with Crippen molar-refractivity contribution >= 4 is 0 Å². The maximum absolute atomic E-state index is 12.0. The fraction of sp³-hybridized carbons (Fsp3) is 0.231. The van der Waals surface area contributed by atoms with Gasteiger partial charge in [-0.25, -0.2) is 4.79 Å². The van der Waals surface area contributed by atoms with Crippen LogP contribution in [-0.4, -0.2) is 14.2 Å². The van der Waals surface area contributed by atoms with Gasteiger partial charge in [0, 0.05) is 19.5 Å². The molecule has 1 N–H and O–H groups in total. The molecule has 1 rings (SSSR count). The zero-order valence-electron chi connectivity index (χ0n) is 10.1. The van der Waals surface area contributed by atoms with Crippen LogP contribution in [0, 0.1) is 0 Å². The predicted molar refractivity (Wildman–Crippen MR) is 70.9 cm³/mol. The van der Waals surface area contributed by atoms with Gasteiger partial charge in [-0.3, -0.25) is 13.9 Å². The number of aromatic nitrogens is 2. The maximum atomic E-state index is 12.0. The van der Waals surface area contributed by atoms with E-state index < -0.39 is 11.2 Å². The first kappa shape index (κ1) is 13.8. The second-order valence-electron chi connectivity index (χ2n) is 3.68. The molecule has 0 fully saturated rings. The minimum absolute atomic E-state index is 0.0965. The first-order chi connectivity index (χ1) is 8.58. The molecule has 96 valence electrons. The zero-order chi connectivity index (χ0) is 13.7. The molecule has 0 aliphatic heterocycles. The molecule has 0 saturated carbocycles. The SMILES string of the molecule is C=CCc1c(O)n(CC=C)c(=O)n(CC=C)c1=O. The Morgan fingerprint density at radius 2 is 1.56 bits per heavy atom. The summed E-state index contributed by atoms with van der Waals surface area (Å²) in [6, 6.07) is 0. The van der Waals surface area contributed by atoms with E-state index in [9.17, 15) is 14.7 Å². The van der Waals surface area contributed by atoms with Crippen LogP contribution in [0.5, 0.6) is 5.88 Å². The van der Waals surface area contributed by atoms with Gasteiger partial charge in [-0.2, -0.15) is 0 Å². The summed E-state index contributed by atoms with van der Waals surface area (Å²) < 4.78 is 2.12. The lowest BCUT2D eigenvalue weighted by Gasteiger charge is -2.12. The number of aromatic hydroxyl groups is 1. The van der Waals surface area contributed by atoms with Crippen LogP contribution in [-0.2, 0) is 19.5 Å². The third-order valence-electron chi connectivity index (χ3n) is 2.46. The summed E-state index contributed by atoms with van der Waals surface area (Å²) in [6.07, 6.45) is 4.62. The number of rotatable bonds is 6. The van der Waals surface area contributed by atoms with Crippen molar-refractivity contribution in [3.8, 4) is 5.88 Å². The van der Waals surface area contributed by atoms with Crippen LogP contribution < -0.4 is 11.2 Å². The Hall–Kier alpha value is -2.30. The van der Waals surface area contributed by atoms with Crippen molar-refractivity contribution in [1.29, 1.82) is 0 Å². The van der Waals surface area contributed by atoms with Crippen LogP contribution in [0.15, 0.2) is 47.6 Å². The molecule has 0 aliphatic carbocycles. The average molecular weight is 248 g/mol. The standard InChI is InChI=1S/C13H16N2O3/c1-4-7-10-11(16)14(8-5-2)13(18)15(9-6-3)12(10)17/h4-6,16H,1-3,7-9H2. The van der Waals surface area contributed by atoms with E-state index in [1.807, 2.05) is 0 Å². The van der Waals surface area contributed by atoms with E-state index in [0.29, 0.717) is 0 Å². The molecule has 5 nitrogen and oxygen atoms in total. The number of allylic oxidation sites excluding steroid dienone is 3. The Labute approximate surface area is 105 Å². The molecule has 0 spiro atoms. The fourth-order valence-corrected chi connectivity index (χ4v) is 1.65. The summed E-state index contributed by atoms with van der Waals surface area (Å²) in [5.41, 5.74) is -0.948. The van der Waals surface area contributed by atoms with Crippen molar-refractivity contribution < 1.29 is 5.11 Å². The topological polar surface area (TPSA) is 64.2 Å². The summed E-state index contributed by atoms with van der Waals surface area (Å²) >= 11 is 0. The van der Waals surface area contributed by atoms with Gasteiger partial charge in [-0.1, -0.05) is 18.2 Å². The minimum atomic E-state index is -0.579. The molecule has 1 aromatic heterocycles. The van der Waals surface area contributed by atoms with E-state index >= 15 is 0 Å². The van der Waals surface area contributed by atoms with Crippen LogP contribution in [0.4, 0.5) is 0 Å². The quantitative estimate of drug-likeness (QED) is 0.758. The molecule has 0 saturated heterocycles. The molecule has 0 aliphatic rings. The van der Waals surface area contributed by atoms with Gasteiger partial charge >= 0.3 is 5.69 Å². The largest absolute Gasteiger partial charge is 0.494 e. The van der Waals surface area contributed by atoms with Crippen molar-refractivity contribution in [3.63, 3.8) is 0 Å². The van der Waals surface area contributed by atoms with Gasteiger partial charge in [0.05, 0.1) is 5.56 Å².